The first kappa shape index (κ1) is 17.8. The largest absolute Gasteiger partial charge is 0.507 e. The second-order valence-corrected chi connectivity index (χ2v) is 8.58. The van der Waals surface area contributed by atoms with Crippen molar-refractivity contribution >= 4 is 17.9 Å². The lowest BCUT2D eigenvalue weighted by molar-refractivity contribution is 0.0696. The molecular formula is C23H23FO3. The Labute approximate surface area is 158 Å². The number of hydrogen-bond acceptors (Lipinski definition) is 2. The molecule has 27 heavy (non-hydrogen) atoms. The fourth-order valence-electron chi connectivity index (χ4n) is 5.01. The van der Waals surface area contributed by atoms with Crippen LogP contribution in [0.1, 0.15) is 71.3 Å². The molecule has 4 rings (SSSR count). The fraction of sp³-hybridized carbons (Fsp3) is 0.348. The van der Waals surface area contributed by atoms with Crippen LogP contribution in [0.2, 0.25) is 0 Å². The highest BCUT2D eigenvalue weighted by molar-refractivity contribution is 5.90. The summed E-state index contributed by atoms with van der Waals surface area (Å²) in [4.78, 5) is 11.0. The van der Waals surface area contributed by atoms with Gasteiger partial charge in [0.2, 0.25) is 0 Å². The number of aryl methyl sites for hydroxylation is 1. The molecule has 2 aliphatic rings. The van der Waals surface area contributed by atoms with E-state index in [1.165, 1.54) is 35.8 Å². The second-order valence-electron chi connectivity index (χ2n) is 8.58. The summed E-state index contributed by atoms with van der Waals surface area (Å²) >= 11 is 0. The van der Waals surface area contributed by atoms with Crippen LogP contribution in [0.5, 0.6) is 5.75 Å². The van der Waals surface area contributed by atoms with E-state index in [1.807, 2.05) is 6.92 Å². The summed E-state index contributed by atoms with van der Waals surface area (Å²) in [5, 5.41) is 19.0. The summed E-state index contributed by atoms with van der Waals surface area (Å²) in [6.45, 7) is 6.59. The van der Waals surface area contributed by atoms with E-state index >= 15 is 0 Å². The minimum Gasteiger partial charge on any atom is -0.507 e. The van der Waals surface area contributed by atoms with Crippen molar-refractivity contribution in [3.8, 4) is 5.75 Å². The molecule has 2 N–H and O–H groups in total. The Morgan fingerprint density at radius 3 is 2.33 bits per heavy atom. The lowest BCUT2D eigenvalue weighted by Gasteiger charge is -2.28. The first-order valence-electron chi connectivity index (χ1n) is 9.22. The van der Waals surface area contributed by atoms with Crippen molar-refractivity contribution < 1.29 is 19.4 Å². The lowest BCUT2D eigenvalue weighted by atomic mass is 9.76. The molecule has 0 saturated heterocycles. The van der Waals surface area contributed by atoms with E-state index in [9.17, 15) is 14.3 Å². The van der Waals surface area contributed by atoms with E-state index in [0.717, 1.165) is 30.0 Å². The van der Waals surface area contributed by atoms with Gasteiger partial charge in [-0.05, 0) is 83.5 Å². The van der Waals surface area contributed by atoms with Crippen molar-refractivity contribution in [1.82, 2.24) is 0 Å². The average molecular weight is 366 g/mol. The zero-order valence-electron chi connectivity index (χ0n) is 15.8. The Bertz CT molecular complexity index is 1010. The summed E-state index contributed by atoms with van der Waals surface area (Å²) in [7, 11) is 0. The number of hydrogen-bond donors (Lipinski definition) is 2. The van der Waals surface area contributed by atoms with Gasteiger partial charge in [0.15, 0.2) is 0 Å². The van der Waals surface area contributed by atoms with Crippen LogP contribution in [-0.2, 0) is 10.8 Å². The van der Waals surface area contributed by atoms with Gasteiger partial charge < -0.3 is 10.2 Å². The van der Waals surface area contributed by atoms with Gasteiger partial charge in [0.25, 0.3) is 0 Å². The van der Waals surface area contributed by atoms with Gasteiger partial charge in [-0.15, -0.1) is 0 Å². The summed E-state index contributed by atoms with van der Waals surface area (Å²) in [5.41, 5.74) is 4.80. The Hall–Kier alpha value is -2.62. The zero-order chi connectivity index (χ0) is 19.6. The van der Waals surface area contributed by atoms with Gasteiger partial charge in [-0.25, -0.2) is 9.18 Å². The minimum absolute atomic E-state index is 0.000377. The molecule has 2 unspecified atom stereocenters. The topological polar surface area (TPSA) is 57.5 Å². The maximum atomic E-state index is 14.9. The molecule has 3 nitrogen and oxygen atoms in total. The quantitative estimate of drug-likeness (QED) is 0.697. The number of carbonyl (C=O) groups is 1. The maximum Gasteiger partial charge on any atom is 0.335 e. The Morgan fingerprint density at radius 2 is 1.74 bits per heavy atom. The van der Waals surface area contributed by atoms with Crippen LogP contribution in [0.3, 0.4) is 0 Å². The van der Waals surface area contributed by atoms with Crippen LogP contribution in [0.25, 0.3) is 11.9 Å². The summed E-state index contributed by atoms with van der Waals surface area (Å²) in [6.07, 6.45) is 4.93. The van der Waals surface area contributed by atoms with E-state index in [-0.39, 0.29) is 27.7 Å². The van der Waals surface area contributed by atoms with Crippen molar-refractivity contribution in [1.29, 1.82) is 0 Å². The van der Waals surface area contributed by atoms with Gasteiger partial charge in [-0.1, -0.05) is 26.0 Å². The third kappa shape index (κ3) is 2.66. The molecule has 0 aromatic heterocycles. The molecule has 140 valence electrons. The van der Waals surface area contributed by atoms with Crippen molar-refractivity contribution in [2.24, 2.45) is 0 Å². The number of phenolic OH excluding ortho intramolecular Hbond substituents is 1. The predicted molar refractivity (Wildman–Crippen MR) is 104 cm³/mol. The smallest absolute Gasteiger partial charge is 0.335 e. The van der Waals surface area contributed by atoms with Gasteiger partial charge in [0.05, 0.1) is 11.1 Å². The van der Waals surface area contributed by atoms with Crippen molar-refractivity contribution in [3.63, 3.8) is 0 Å². The number of benzene rings is 2. The van der Waals surface area contributed by atoms with Gasteiger partial charge in [0.1, 0.15) is 11.6 Å². The Kier molecular flexibility index (Phi) is 3.74. The molecule has 2 aliphatic carbocycles. The number of phenols is 1. The van der Waals surface area contributed by atoms with E-state index in [2.05, 4.69) is 26.0 Å². The fourth-order valence-corrected chi connectivity index (χ4v) is 5.01. The molecular weight excluding hydrogens is 343 g/mol. The molecule has 2 bridgehead atoms. The Morgan fingerprint density at radius 1 is 1.11 bits per heavy atom. The first-order chi connectivity index (χ1) is 12.6. The molecule has 2 aromatic rings. The van der Waals surface area contributed by atoms with Crippen LogP contribution >= 0.6 is 0 Å². The minimum atomic E-state index is -1.16. The molecule has 2 atom stereocenters. The second kappa shape index (κ2) is 5.69. The van der Waals surface area contributed by atoms with Crippen LogP contribution in [0.4, 0.5) is 4.39 Å². The van der Waals surface area contributed by atoms with Crippen LogP contribution in [-0.4, -0.2) is 16.2 Å². The number of aromatic carboxylic acids is 1. The van der Waals surface area contributed by atoms with Gasteiger partial charge in [-0.3, -0.25) is 0 Å². The van der Waals surface area contributed by atoms with E-state index < -0.39 is 11.8 Å². The Balaban J connectivity index is 1.76. The van der Waals surface area contributed by atoms with Crippen LogP contribution < -0.4 is 0 Å². The zero-order valence-corrected chi connectivity index (χ0v) is 15.8. The summed E-state index contributed by atoms with van der Waals surface area (Å²) in [6, 6.07) is 7.95. The van der Waals surface area contributed by atoms with E-state index in [1.54, 1.807) is 0 Å². The molecule has 0 radical (unpaired) electrons. The molecule has 4 heteroatoms. The molecule has 0 spiro atoms. The third-order valence-electron chi connectivity index (χ3n) is 6.50. The van der Waals surface area contributed by atoms with Crippen LogP contribution in [0.15, 0.2) is 30.3 Å². The van der Waals surface area contributed by atoms with E-state index in [4.69, 9.17) is 5.11 Å². The predicted octanol–water partition coefficient (Wildman–Crippen LogP) is 5.58. The molecule has 2 aromatic carbocycles. The summed E-state index contributed by atoms with van der Waals surface area (Å²) in [5.74, 6) is -2.11. The lowest BCUT2D eigenvalue weighted by Crippen LogP contribution is -2.18. The van der Waals surface area contributed by atoms with E-state index in [0.29, 0.717) is 0 Å². The highest BCUT2D eigenvalue weighted by Crippen LogP contribution is 2.60. The summed E-state index contributed by atoms with van der Waals surface area (Å²) < 4.78 is 14.9. The molecule has 0 amide bonds. The number of rotatable bonds is 3. The third-order valence-corrected chi connectivity index (χ3v) is 6.50. The highest BCUT2D eigenvalue weighted by Gasteiger charge is 2.52. The van der Waals surface area contributed by atoms with Crippen molar-refractivity contribution in [3.05, 3.63) is 63.7 Å². The first-order valence-corrected chi connectivity index (χ1v) is 9.22. The van der Waals surface area contributed by atoms with Gasteiger partial charge in [-0.2, -0.15) is 0 Å². The number of carboxylic acid groups (broad SMARTS) is 1. The number of aromatic hydroxyl groups is 1. The molecule has 0 aliphatic heterocycles. The molecule has 1 fully saturated rings. The maximum absolute atomic E-state index is 14.9. The monoisotopic (exact) mass is 366 g/mol. The van der Waals surface area contributed by atoms with Gasteiger partial charge >= 0.3 is 5.97 Å². The standard InChI is InChI=1S/C23H23FO3/c1-13-8-17-18(23(3)7-6-22(17,2)12-23)9-15(13)10-19(24)16-5-4-14(21(26)27)11-20(16)25/h4-5,8-11,25H,6-7,12H2,1-3H3,(H,26,27)/b19-10+. The van der Waals surface area contributed by atoms with Crippen LogP contribution in [0, 0.1) is 6.92 Å². The highest BCUT2D eigenvalue weighted by atomic mass is 19.1. The molecule has 0 heterocycles. The number of fused-ring (bicyclic) bond motifs is 5. The van der Waals surface area contributed by atoms with Crippen molar-refractivity contribution in [2.75, 3.05) is 0 Å². The number of carboxylic acids is 1. The van der Waals surface area contributed by atoms with Gasteiger partial charge in [0, 0.05) is 0 Å². The number of halogens is 1. The average Bonchev–Trinajstić information content (AvgIpc) is 3.02. The van der Waals surface area contributed by atoms with Crippen molar-refractivity contribution in [2.45, 2.75) is 50.9 Å². The SMILES string of the molecule is Cc1cc2c(cc1/C=C(/F)c1ccc(C(=O)O)cc1O)C1(C)CCC2(C)C1. The molecule has 1 saturated carbocycles. The normalized spacial score (nSPS) is 26.3.